The van der Waals surface area contributed by atoms with Crippen LogP contribution in [0.5, 0.6) is 0 Å². The first-order valence-corrected chi connectivity index (χ1v) is 8.85. The Hall–Kier alpha value is -1.73. The van der Waals surface area contributed by atoms with Crippen molar-refractivity contribution in [1.82, 2.24) is 19.8 Å². The number of ether oxygens (including phenoxy) is 1. The fourth-order valence-electron chi connectivity index (χ4n) is 3.55. The first kappa shape index (κ1) is 18.1. The fourth-order valence-corrected chi connectivity index (χ4v) is 3.55. The summed E-state index contributed by atoms with van der Waals surface area (Å²) in [7, 11) is 5.90. The van der Waals surface area contributed by atoms with Gasteiger partial charge in [0.05, 0.1) is 13.1 Å². The van der Waals surface area contributed by atoms with Gasteiger partial charge in [0, 0.05) is 37.5 Å². The van der Waals surface area contributed by atoms with E-state index in [4.69, 9.17) is 4.74 Å². The molecule has 2 fully saturated rings. The van der Waals surface area contributed by atoms with Crippen molar-refractivity contribution in [3.05, 3.63) is 17.1 Å². The molecule has 2 aliphatic heterocycles. The molecule has 0 unspecified atom stereocenters. The van der Waals surface area contributed by atoms with E-state index in [-0.39, 0.29) is 11.5 Å². The van der Waals surface area contributed by atoms with Gasteiger partial charge in [0.2, 0.25) is 5.82 Å². The standard InChI is InChI=1S/C18H29N5O2/c1-12-13(2)19-15(17(24)23-10-18(3,11-23)25-6)20-16(12)22-8-7-14(9-22)21(4)5/h14H,7-11H2,1-6H3/t14-/m1/s1. The Labute approximate surface area is 150 Å². The van der Waals surface area contributed by atoms with Gasteiger partial charge in [-0.15, -0.1) is 0 Å². The largest absolute Gasteiger partial charge is 0.375 e. The van der Waals surface area contributed by atoms with Gasteiger partial charge in [0.25, 0.3) is 5.91 Å². The van der Waals surface area contributed by atoms with Crippen molar-refractivity contribution >= 4 is 11.7 Å². The maximum absolute atomic E-state index is 12.8. The third-order valence-electron chi connectivity index (χ3n) is 5.58. The van der Waals surface area contributed by atoms with Crippen molar-refractivity contribution in [2.24, 2.45) is 0 Å². The SMILES string of the molecule is COC1(C)CN(C(=O)c2nc(C)c(C)c(N3CC[C@@H](N(C)C)C3)n2)C1. The molecule has 1 atom stereocenters. The van der Waals surface area contributed by atoms with Gasteiger partial charge in [-0.2, -0.15) is 0 Å². The molecule has 1 aromatic rings. The average Bonchev–Trinajstić information content (AvgIpc) is 3.03. The molecule has 1 amide bonds. The molecule has 138 valence electrons. The monoisotopic (exact) mass is 347 g/mol. The lowest BCUT2D eigenvalue weighted by molar-refractivity contribution is -0.0950. The van der Waals surface area contributed by atoms with Crippen LogP contribution in [-0.4, -0.2) is 84.7 Å². The molecule has 7 nitrogen and oxygen atoms in total. The lowest BCUT2D eigenvalue weighted by Gasteiger charge is -2.46. The van der Waals surface area contributed by atoms with Crippen LogP contribution in [0.25, 0.3) is 0 Å². The summed E-state index contributed by atoms with van der Waals surface area (Å²) in [6.07, 6.45) is 1.11. The summed E-state index contributed by atoms with van der Waals surface area (Å²) >= 11 is 0. The molecule has 0 saturated carbocycles. The topological polar surface area (TPSA) is 61.8 Å². The van der Waals surface area contributed by atoms with E-state index in [1.54, 1.807) is 12.0 Å². The van der Waals surface area contributed by atoms with Crippen LogP contribution in [0, 0.1) is 13.8 Å². The molecule has 2 saturated heterocycles. The Morgan fingerprint density at radius 1 is 1.28 bits per heavy atom. The maximum Gasteiger partial charge on any atom is 0.291 e. The Morgan fingerprint density at radius 3 is 2.52 bits per heavy atom. The molecular weight excluding hydrogens is 318 g/mol. The number of rotatable bonds is 4. The van der Waals surface area contributed by atoms with Crippen LogP contribution in [0.2, 0.25) is 0 Å². The van der Waals surface area contributed by atoms with Crippen molar-refractivity contribution in [2.45, 2.75) is 38.8 Å². The number of methoxy groups -OCH3 is 1. The zero-order chi connectivity index (χ0) is 18.4. The number of carbonyl (C=O) groups excluding carboxylic acids is 1. The minimum Gasteiger partial charge on any atom is -0.375 e. The van der Waals surface area contributed by atoms with Gasteiger partial charge < -0.3 is 19.4 Å². The molecular formula is C18H29N5O2. The molecule has 3 rings (SSSR count). The maximum atomic E-state index is 12.8. The van der Waals surface area contributed by atoms with Gasteiger partial charge in [0.15, 0.2) is 0 Å². The molecule has 1 aromatic heterocycles. The van der Waals surface area contributed by atoms with E-state index in [2.05, 4.69) is 33.9 Å². The van der Waals surface area contributed by atoms with Crippen LogP contribution < -0.4 is 4.90 Å². The van der Waals surface area contributed by atoms with Gasteiger partial charge in [-0.3, -0.25) is 4.79 Å². The van der Waals surface area contributed by atoms with E-state index < -0.39 is 0 Å². The van der Waals surface area contributed by atoms with E-state index >= 15 is 0 Å². The minimum absolute atomic E-state index is 0.109. The van der Waals surface area contributed by atoms with E-state index in [9.17, 15) is 4.79 Å². The number of likely N-dealkylation sites (tertiary alicyclic amines) is 1. The van der Waals surface area contributed by atoms with Crippen molar-refractivity contribution in [2.75, 3.05) is 52.3 Å². The molecule has 0 N–H and O–H groups in total. The number of anilines is 1. The van der Waals surface area contributed by atoms with Gasteiger partial charge in [-0.25, -0.2) is 9.97 Å². The van der Waals surface area contributed by atoms with Gasteiger partial charge in [-0.1, -0.05) is 0 Å². The number of carbonyl (C=O) groups is 1. The first-order valence-electron chi connectivity index (χ1n) is 8.85. The number of nitrogens with zero attached hydrogens (tertiary/aromatic N) is 5. The predicted octanol–water partition coefficient (Wildman–Crippen LogP) is 1.09. The fraction of sp³-hybridized carbons (Fsp3) is 0.722. The molecule has 0 bridgehead atoms. The highest BCUT2D eigenvalue weighted by atomic mass is 16.5. The van der Waals surface area contributed by atoms with Crippen LogP contribution in [0.3, 0.4) is 0 Å². The molecule has 7 heteroatoms. The lowest BCUT2D eigenvalue weighted by atomic mass is 9.96. The van der Waals surface area contributed by atoms with E-state index in [1.165, 1.54) is 0 Å². The summed E-state index contributed by atoms with van der Waals surface area (Å²) < 4.78 is 5.42. The molecule has 2 aliphatic rings. The second-order valence-electron chi connectivity index (χ2n) is 7.75. The van der Waals surface area contributed by atoms with Crippen molar-refractivity contribution in [3.8, 4) is 0 Å². The Morgan fingerprint density at radius 2 is 1.96 bits per heavy atom. The van der Waals surface area contributed by atoms with Crippen molar-refractivity contribution < 1.29 is 9.53 Å². The predicted molar refractivity (Wildman–Crippen MR) is 97.1 cm³/mol. The van der Waals surface area contributed by atoms with Crippen LogP contribution in [0.15, 0.2) is 0 Å². The zero-order valence-electron chi connectivity index (χ0n) is 16.2. The summed E-state index contributed by atoms with van der Waals surface area (Å²) in [6, 6.07) is 0.520. The summed E-state index contributed by atoms with van der Waals surface area (Å²) in [6.45, 7) is 9.05. The highest BCUT2D eigenvalue weighted by Crippen LogP contribution is 2.28. The quantitative estimate of drug-likeness (QED) is 0.813. The average molecular weight is 347 g/mol. The second-order valence-corrected chi connectivity index (χ2v) is 7.75. The van der Waals surface area contributed by atoms with Crippen LogP contribution in [0.4, 0.5) is 5.82 Å². The number of hydrogen-bond donors (Lipinski definition) is 0. The van der Waals surface area contributed by atoms with E-state index in [0.29, 0.717) is 25.0 Å². The summed E-state index contributed by atoms with van der Waals surface area (Å²) in [5.74, 6) is 1.09. The highest BCUT2D eigenvalue weighted by Gasteiger charge is 2.42. The second kappa shape index (κ2) is 6.53. The summed E-state index contributed by atoms with van der Waals surface area (Å²) in [5, 5.41) is 0. The third-order valence-corrected chi connectivity index (χ3v) is 5.58. The van der Waals surface area contributed by atoms with Crippen LogP contribution >= 0.6 is 0 Å². The zero-order valence-corrected chi connectivity index (χ0v) is 16.2. The molecule has 25 heavy (non-hydrogen) atoms. The third kappa shape index (κ3) is 3.35. The molecule has 0 aliphatic carbocycles. The molecule has 0 spiro atoms. The molecule has 3 heterocycles. The first-order chi connectivity index (χ1) is 11.7. The summed E-state index contributed by atoms with van der Waals surface area (Å²) in [4.78, 5) is 28.1. The van der Waals surface area contributed by atoms with E-state index in [1.807, 2.05) is 20.8 Å². The number of likely N-dealkylation sites (N-methyl/N-ethyl adjacent to an activating group) is 1. The normalized spacial score (nSPS) is 22.4. The van der Waals surface area contributed by atoms with Gasteiger partial charge >= 0.3 is 0 Å². The lowest BCUT2D eigenvalue weighted by Crippen LogP contribution is -2.62. The Balaban J connectivity index is 1.81. The molecule has 0 radical (unpaired) electrons. The van der Waals surface area contributed by atoms with E-state index in [0.717, 1.165) is 36.6 Å². The number of aromatic nitrogens is 2. The Kier molecular flexibility index (Phi) is 4.72. The van der Waals surface area contributed by atoms with Crippen molar-refractivity contribution in [3.63, 3.8) is 0 Å². The molecule has 0 aromatic carbocycles. The minimum atomic E-state index is -0.244. The highest BCUT2D eigenvalue weighted by molar-refractivity contribution is 5.92. The Bertz CT molecular complexity index is 670. The van der Waals surface area contributed by atoms with Gasteiger partial charge in [-0.05, 0) is 41.3 Å². The number of hydrogen-bond acceptors (Lipinski definition) is 6. The van der Waals surface area contributed by atoms with Crippen LogP contribution in [-0.2, 0) is 4.74 Å². The smallest absolute Gasteiger partial charge is 0.291 e. The number of aryl methyl sites for hydroxylation is 1. The van der Waals surface area contributed by atoms with Crippen LogP contribution in [0.1, 0.15) is 35.2 Å². The van der Waals surface area contributed by atoms with Crippen molar-refractivity contribution in [1.29, 1.82) is 0 Å². The summed E-state index contributed by atoms with van der Waals surface area (Å²) in [5.41, 5.74) is 1.68. The van der Waals surface area contributed by atoms with Gasteiger partial charge in [0.1, 0.15) is 11.4 Å². The number of amides is 1.